The van der Waals surface area contributed by atoms with Crippen LogP contribution in [0.15, 0.2) is 29.2 Å². The van der Waals surface area contributed by atoms with E-state index in [2.05, 4.69) is 15.0 Å². The summed E-state index contributed by atoms with van der Waals surface area (Å²) in [6.07, 6.45) is 7.32. The highest BCUT2D eigenvalue weighted by atomic mass is 32.1. The molecule has 0 saturated heterocycles. The third-order valence-corrected chi connectivity index (χ3v) is 4.99. The molecule has 1 amide bonds. The SMILES string of the molecule is Cn1cc(-c2nc3n(c2NC(=O)Cc2ccsc2)CCCC3)cn1. The number of fused-ring (bicyclic) bond motifs is 1. The highest BCUT2D eigenvalue weighted by molar-refractivity contribution is 7.08. The van der Waals surface area contributed by atoms with Gasteiger partial charge in [0.05, 0.1) is 12.6 Å². The molecular formula is C17H19N5OS. The summed E-state index contributed by atoms with van der Waals surface area (Å²) < 4.78 is 3.90. The fourth-order valence-corrected chi connectivity index (χ4v) is 3.78. The number of hydrogen-bond donors (Lipinski definition) is 1. The lowest BCUT2D eigenvalue weighted by Gasteiger charge is -2.16. The quantitative estimate of drug-likeness (QED) is 0.793. The molecule has 7 heteroatoms. The van der Waals surface area contributed by atoms with Crippen LogP contribution in [0.2, 0.25) is 0 Å². The number of hydrogen-bond acceptors (Lipinski definition) is 4. The Hall–Kier alpha value is -2.41. The molecule has 4 heterocycles. The van der Waals surface area contributed by atoms with Crippen molar-refractivity contribution in [1.29, 1.82) is 0 Å². The van der Waals surface area contributed by atoms with Crippen molar-refractivity contribution in [3.63, 3.8) is 0 Å². The molecule has 0 aliphatic carbocycles. The van der Waals surface area contributed by atoms with Crippen LogP contribution < -0.4 is 5.32 Å². The van der Waals surface area contributed by atoms with Crippen molar-refractivity contribution in [2.45, 2.75) is 32.2 Å². The van der Waals surface area contributed by atoms with E-state index < -0.39 is 0 Å². The zero-order chi connectivity index (χ0) is 16.5. The summed E-state index contributed by atoms with van der Waals surface area (Å²) in [7, 11) is 1.88. The first-order chi connectivity index (χ1) is 11.7. The first kappa shape index (κ1) is 15.1. The lowest BCUT2D eigenvalue weighted by Crippen LogP contribution is -2.19. The summed E-state index contributed by atoms with van der Waals surface area (Å²) in [4.78, 5) is 17.3. The van der Waals surface area contributed by atoms with Crippen molar-refractivity contribution < 1.29 is 4.79 Å². The third kappa shape index (κ3) is 2.87. The number of nitrogens with zero attached hydrogens (tertiary/aromatic N) is 4. The van der Waals surface area contributed by atoms with Gasteiger partial charge < -0.3 is 9.88 Å². The first-order valence-corrected chi connectivity index (χ1v) is 9.04. The van der Waals surface area contributed by atoms with Gasteiger partial charge in [-0.2, -0.15) is 16.4 Å². The van der Waals surface area contributed by atoms with Gasteiger partial charge in [-0.3, -0.25) is 9.48 Å². The largest absolute Gasteiger partial charge is 0.314 e. The van der Waals surface area contributed by atoms with Gasteiger partial charge in [-0.15, -0.1) is 0 Å². The van der Waals surface area contributed by atoms with Gasteiger partial charge in [-0.1, -0.05) is 0 Å². The third-order valence-electron chi connectivity index (χ3n) is 4.26. The topological polar surface area (TPSA) is 64.7 Å². The Morgan fingerprint density at radius 1 is 1.42 bits per heavy atom. The Kier molecular flexibility index (Phi) is 3.93. The van der Waals surface area contributed by atoms with Crippen LogP contribution in [0.1, 0.15) is 24.2 Å². The number of carbonyl (C=O) groups excluding carboxylic acids is 1. The average molecular weight is 341 g/mol. The van der Waals surface area contributed by atoms with Crippen molar-refractivity contribution in [2.24, 2.45) is 7.05 Å². The van der Waals surface area contributed by atoms with E-state index in [0.717, 1.165) is 54.3 Å². The molecule has 1 aliphatic rings. The Morgan fingerprint density at radius 3 is 3.08 bits per heavy atom. The van der Waals surface area contributed by atoms with E-state index in [1.807, 2.05) is 30.1 Å². The molecule has 6 nitrogen and oxygen atoms in total. The lowest BCUT2D eigenvalue weighted by atomic mass is 10.2. The minimum atomic E-state index is -0.00758. The second-order valence-electron chi connectivity index (χ2n) is 6.09. The molecule has 124 valence electrons. The number of aryl methyl sites for hydroxylation is 2. The van der Waals surface area contributed by atoms with Crippen molar-refractivity contribution in [3.05, 3.63) is 40.6 Å². The number of anilines is 1. The normalized spacial score (nSPS) is 13.7. The molecule has 1 N–H and O–H groups in total. The lowest BCUT2D eigenvalue weighted by molar-refractivity contribution is -0.115. The molecule has 0 fully saturated rings. The van der Waals surface area contributed by atoms with Gasteiger partial charge >= 0.3 is 0 Å². The number of aromatic nitrogens is 4. The van der Waals surface area contributed by atoms with E-state index in [1.165, 1.54) is 0 Å². The van der Waals surface area contributed by atoms with Crippen molar-refractivity contribution >= 4 is 23.1 Å². The van der Waals surface area contributed by atoms with Crippen LogP contribution in [0.3, 0.4) is 0 Å². The summed E-state index contributed by atoms with van der Waals surface area (Å²) in [5.74, 6) is 1.84. The van der Waals surface area contributed by atoms with Gasteiger partial charge in [0.1, 0.15) is 17.3 Å². The van der Waals surface area contributed by atoms with Gasteiger partial charge in [0.15, 0.2) is 0 Å². The number of nitrogens with one attached hydrogen (secondary N) is 1. The standard InChI is InChI=1S/C17H19N5OS/c1-21-10-13(9-18-21)16-17(22-6-3-2-4-14(22)19-16)20-15(23)8-12-5-7-24-11-12/h5,7,9-11H,2-4,6,8H2,1H3,(H,20,23). The summed E-state index contributed by atoms with van der Waals surface area (Å²) >= 11 is 1.61. The summed E-state index contributed by atoms with van der Waals surface area (Å²) in [6.45, 7) is 0.899. The van der Waals surface area contributed by atoms with Crippen LogP contribution in [0.25, 0.3) is 11.3 Å². The van der Waals surface area contributed by atoms with Crippen LogP contribution in [0.4, 0.5) is 5.82 Å². The molecule has 1 aliphatic heterocycles. The molecule has 0 saturated carbocycles. The summed E-state index contributed by atoms with van der Waals surface area (Å²) in [5.41, 5.74) is 2.79. The van der Waals surface area contributed by atoms with E-state index in [0.29, 0.717) is 6.42 Å². The molecule has 0 atom stereocenters. The van der Waals surface area contributed by atoms with E-state index in [-0.39, 0.29) is 5.91 Å². The number of rotatable bonds is 4. The molecule has 24 heavy (non-hydrogen) atoms. The Morgan fingerprint density at radius 2 is 2.33 bits per heavy atom. The van der Waals surface area contributed by atoms with E-state index in [1.54, 1.807) is 22.2 Å². The van der Waals surface area contributed by atoms with Gasteiger partial charge in [-0.25, -0.2) is 4.98 Å². The molecule has 0 unspecified atom stereocenters. The van der Waals surface area contributed by atoms with Crippen molar-refractivity contribution in [2.75, 3.05) is 5.32 Å². The number of thiophene rings is 1. The van der Waals surface area contributed by atoms with Crippen LogP contribution >= 0.6 is 11.3 Å². The van der Waals surface area contributed by atoms with Gasteiger partial charge in [-0.05, 0) is 35.2 Å². The van der Waals surface area contributed by atoms with Crippen molar-refractivity contribution in [1.82, 2.24) is 19.3 Å². The predicted molar refractivity (Wildman–Crippen MR) is 94.0 cm³/mol. The van der Waals surface area contributed by atoms with Crippen LogP contribution in [-0.4, -0.2) is 25.2 Å². The van der Waals surface area contributed by atoms with Gasteiger partial charge in [0.2, 0.25) is 5.91 Å². The maximum absolute atomic E-state index is 12.5. The van der Waals surface area contributed by atoms with Crippen LogP contribution in [-0.2, 0) is 31.2 Å². The summed E-state index contributed by atoms with van der Waals surface area (Å²) in [6, 6.07) is 1.98. The molecule has 3 aromatic heterocycles. The molecule has 0 aromatic carbocycles. The molecule has 0 spiro atoms. The minimum Gasteiger partial charge on any atom is -0.314 e. The van der Waals surface area contributed by atoms with Crippen LogP contribution in [0, 0.1) is 0 Å². The maximum Gasteiger partial charge on any atom is 0.229 e. The summed E-state index contributed by atoms with van der Waals surface area (Å²) in [5, 5.41) is 11.3. The molecule has 0 bridgehead atoms. The second-order valence-corrected chi connectivity index (χ2v) is 6.87. The highest BCUT2D eigenvalue weighted by Crippen LogP contribution is 2.31. The fraction of sp³-hybridized carbons (Fsp3) is 0.353. The Labute approximate surface area is 144 Å². The first-order valence-electron chi connectivity index (χ1n) is 8.10. The van der Waals surface area contributed by atoms with Crippen molar-refractivity contribution in [3.8, 4) is 11.3 Å². The smallest absolute Gasteiger partial charge is 0.229 e. The molecule has 3 aromatic rings. The number of imidazole rings is 1. The number of carbonyl (C=O) groups is 1. The van der Waals surface area contributed by atoms with E-state index in [4.69, 9.17) is 4.98 Å². The molecular weight excluding hydrogens is 322 g/mol. The molecule has 4 rings (SSSR count). The monoisotopic (exact) mass is 341 g/mol. The Balaban J connectivity index is 1.67. The maximum atomic E-state index is 12.5. The molecule has 0 radical (unpaired) electrons. The van der Waals surface area contributed by atoms with Crippen LogP contribution in [0.5, 0.6) is 0 Å². The fourth-order valence-electron chi connectivity index (χ4n) is 3.11. The van der Waals surface area contributed by atoms with Gasteiger partial charge in [0.25, 0.3) is 0 Å². The zero-order valence-electron chi connectivity index (χ0n) is 13.5. The minimum absolute atomic E-state index is 0.00758. The van der Waals surface area contributed by atoms with E-state index in [9.17, 15) is 4.79 Å². The number of amides is 1. The predicted octanol–water partition coefficient (Wildman–Crippen LogP) is 2.86. The average Bonchev–Trinajstić information content (AvgIpc) is 3.28. The highest BCUT2D eigenvalue weighted by Gasteiger charge is 2.23. The van der Waals surface area contributed by atoms with E-state index >= 15 is 0 Å². The zero-order valence-corrected chi connectivity index (χ0v) is 14.3. The Bertz CT molecular complexity index is 862. The second kappa shape index (κ2) is 6.24. The van der Waals surface area contributed by atoms with Gasteiger partial charge in [0, 0.05) is 31.8 Å².